The number of fused-ring (bicyclic) bond motifs is 1. The highest BCUT2D eigenvalue weighted by Gasteiger charge is 2.33. The molecular weight excluding hydrogens is 302 g/mol. The Kier molecular flexibility index (Phi) is 5.09. The van der Waals surface area contributed by atoms with Gasteiger partial charge in [0.25, 0.3) is 0 Å². The number of likely N-dealkylation sites (tertiary alicyclic amines) is 1. The molecule has 1 saturated heterocycles. The molecule has 1 aliphatic heterocycles. The maximum absolute atomic E-state index is 11.6. The topological polar surface area (TPSA) is 58.4 Å². The smallest absolute Gasteiger partial charge is 0.356 e. The number of allylic oxidation sites excluding steroid dienone is 1. The zero-order chi connectivity index (χ0) is 17.3. The number of rotatable bonds is 5. The Morgan fingerprint density at radius 1 is 1.38 bits per heavy atom. The average Bonchev–Trinajstić information content (AvgIpc) is 2.93. The maximum atomic E-state index is 11.6. The monoisotopic (exact) mass is 331 g/mol. The lowest BCUT2D eigenvalue weighted by Crippen LogP contribution is -2.45. The molecule has 1 fully saturated rings. The van der Waals surface area contributed by atoms with Crippen LogP contribution in [0.5, 0.6) is 0 Å². The van der Waals surface area contributed by atoms with Gasteiger partial charge in [0.15, 0.2) is 5.69 Å². The Labute approximate surface area is 144 Å². The fourth-order valence-corrected chi connectivity index (χ4v) is 4.38. The molecule has 0 aromatic carbocycles. The first-order valence-electron chi connectivity index (χ1n) is 9.18. The summed E-state index contributed by atoms with van der Waals surface area (Å²) in [6.45, 7) is 11.3. The summed E-state index contributed by atoms with van der Waals surface area (Å²) in [5, 5.41) is 13.8. The second-order valence-corrected chi connectivity index (χ2v) is 7.56. The Hall–Kier alpha value is -1.62. The molecule has 1 aromatic heterocycles. The van der Waals surface area contributed by atoms with Crippen LogP contribution in [-0.2, 0) is 19.4 Å². The van der Waals surface area contributed by atoms with Crippen LogP contribution >= 0.6 is 0 Å². The van der Waals surface area contributed by atoms with E-state index in [1.165, 1.54) is 12.8 Å². The normalized spacial score (nSPS) is 22.5. The van der Waals surface area contributed by atoms with E-state index in [9.17, 15) is 9.90 Å². The summed E-state index contributed by atoms with van der Waals surface area (Å²) in [4.78, 5) is 14.2. The maximum Gasteiger partial charge on any atom is 0.356 e. The van der Waals surface area contributed by atoms with Crippen molar-refractivity contribution in [3.63, 3.8) is 0 Å². The fraction of sp³-hybridized carbons (Fsp3) is 0.684. The van der Waals surface area contributed by atoms with Crippen molar-refractivity contribution in [2.45, 2.75) is 58.5 Å². The molecule has 0 spiro atoms. The largest absolute Gasteiger partial charge is 0.476 e. The van der Waals surface area contributed by atoms with Crippen LogP contribution in [0.3, 0.4) is 0 Å². The van der Waals surface area contributed by atoms with Gasteiger partial charge in [0, 0.05) is 17.3 Å². The van der Waals surface area contributed by atoms with Crippen molar-refractivity contribution in [3.8, 4) is 0 Å². The number of hydrogen-bond acceptors (Lipinski definition) is 3. The molecule has 5 heteroatoms. The number of carboxylic acids is 1. The van der Waals surface area contributed by atoms with E-state index in [1.54, 1.807) is 6.08 Å². The van der Waals surface area contributed by atoms with Gasteiger partial charge in [-0.15, -0.1) is 6.58 Å². The average molecular weight is 331 g/mol. The van der Waals surface area contributed by atoms with E-state index in [2.05, 4.69) is 30.4 Å². The van der Waals surface area contributed by atoms with Gasteiger partial charge in [-0.2, -0.15) is 5.10 Å². The van der Waals surface area contributed by atoms with Crippen LogP contribution in [-0.4, -0.2) is 44.9 Å². The summed E-state index contributed by atoms with van der Waals surface area (Å²) in [5.41, 5.74) is 2.29. The third-order valence-corrected chi connectivity index (χ3v) is 5.86. The van der Waals surface area contributed by atoms with Crippen LogP contribution in [0.4, 0.5) is 0 Å². The molecule has 1 aromatic rings. The molecule has 0 saturated carbocycles. The van der Waals surface area contributed by atoms with E-state index in [0.29, 0.717) is 12.6 Å². The number of carbonyl (C=O) groups is 1. The Morgan fingerprint density at radius 2 is 2.08 bits per heavy atom. The van der Waals surface area contributed by atoms with Crippen LogP contribution in [0.2, 0.25) is 0 Å². The van der Waals surface area contributed by atoms with Crippen molar-refractivity contribution < 1.29 is 9.90 Å². The quantitative estimate of drug-likeness (QED) is 0.843. The third kappa shape index (κ3) is 3.27. The third-order valence-electron chi connectivity index (χ3n) is 5.86. The van der Waals surface area contributed by atoms with Crippen LogP contribution < -0.4 is 0 Å². The molecule has 0 amide bonds. The molecule has 1 unspecified atom stereocenters. The highest BCUT2D eigenvalue weighted by atomic mass is 16.4. The summed E-state index contributed by atoms with van der Waals surface area (Å²) in [6.07, 6.45) is 7.15. The molecular formula is C19H29N3O2. The van der Waals surface area contributed by atoms with Crippen LogP contribution in [0.25, 0.3) is 0 Å². The van der Waals surface area contributed by atoms with Gasteiger partial charge in [-0.3, -0.25) is 4.68 Å². The van der Waals surface area contributed by atoms with Crippen molar-refractivity contribution in [3.05, 3.63) is 29.6 Å². The minimum Gasteiger partial charge on any atom is -0.476 e. The van der Waals surface area contributed by atoms with Crippen molar-refractivity contribution in [1.82, 2.24) is 14.7 Å². The van der Waals surface area contributed by atoms with Gasteiger partial charge < -0.3 is 10.0 Å². The summed E-state index contributed by atoms with van der Waals surface area (Å²) in [6, 6.07) is 0.463. The van der Waals surface area contributed by atoms with Crippen molar-refractivity contribution in [2.75, 3.05) is 13.1 Å². The lowest BCUT2D eigenvalue weighted by Gasteiger charge is -2.40. The van der Waals surface area contributed by atoms with Crippen molar-refractivity contribution in [1.29, 1.82) is 0 Å². The van der Waals surface area contributed by atoms with Gasteiger partial charge in [-0.05, 0) is 57.0 Å². The number of nitrogens with zero attached hydrogens (tertiary/aromatic N) is 3. The van der Waals surface area contributed by atoms with Gasteiger partial charge in [-0.25, -0.2) is 4.79 Å². The van der Waals surface area contributed by atoms with E-state index in [0.717, 1.165) is 55.4 Å². The fourth-order valence-electron chi connectivity index (χ4n) is 4.38. The first-order valence-corrected chi connectivity index (χ1v) is 9.18. The number of aromatic nitrogens is 2. The van der Waals surface area contributed by atoms with Crippen LogP contribution in [0.15, 0.2) is 12.7 Å². The van der Waals surface area contributed by atoms with Crippen molar-refractivity contribution in [2.24, 2.45) is 11.8 Å². The predicted molar refractivity (Wildman–Crippen MR) is 94.3 cm³/mol. The molecule has 132 valence electrons. The standard InChI is InChI=1S/C19H29N3O2/c1-4-9-22-17-6-5-15(12-16(17)18(20-22)19(23)24)21-10-7-14(8-11-21)13(2)3/h4,13-15H,1,5-12H2,2-3H3,(H,23,24). The van der Waals surface area contributed by atoms with Gasteiger partial charge in [0.1, 0.15) is 0 Å². The Morgan fingerprint density at radius 3 is 2.67 bits per heavy atom. The molecule has 5 nitrogen and oxygen atoms in total. The summed E-state index contributed by atoms with van der Waals surface area (Å²) < 4.78 is 1.83. The molecule has 24 heavy (non-hydrogen) atoms. The minimum absolute atomic E-state index is 0.244. The molecule has 1 N–H and O–H groups in total. The highest BCUT2D eigenvalue weighted by molar-refractivity contribution is 5.87. The van der Waals surface area contributed by atoms with Gasteiger partial charge >= 0.3 is 5.97 Å². The van der Waals surface area contributed by atoms with Gasteiger partial charge in [0.2, 0.25) is 0 Å². The zero-order valence-electron chi connectivity index (χ0n) is 14.9. The molecule has 3 rings (SSSR count). The van der Waals surface area contributed by atoms with E-state index in [-0.39, 0.29) is 5.69 Å². The second kappa shape index (κ2) is 7.09. The molecule has 2 heterocycles. The minimum atomic E-state index is -0.909. The van der Waals surface area contributed by atoms with E-state index in [1.807, 2.05) is 4.68 Å². The zero-order valence-corrected chi connectivity index (χ0v) is 14.9. The number of aromatic carboxylic acids is 1. The molecule has 1 aliphatic carbocycles. The van der Waals surface area contributed by atoms with E-state index < -0.39 is 5.97 Å². The first kappa shape index (κ1) is 17.2. The SMILES string of the molecule is C=CCn1nc(C(=O)O)c2c1CCC(N1CCC(C(C)C)CC1)C2. The van der Waals surface area contributed by atoms with Crippen molar-refractivity contribution >= 4 is 5.97 Å². The van der Waals surface area contributed by atoms with Crippen LogP contribution in [0.1, 0.15) is 54.9 Å². The number of piperidine rings is 1. The van der Waals surface area contributed by atoms with Gasteiger partial charge in [-0.1, -0.05) is 19.9 Å². The van der Waals surface area contributed by atoms with Crippen LogP contribution in [0, 0.1) is 11.8 Å². The van der Waals surface area contributed by atoms with E-state index in [4.69, 9.17) is 0 Å². The second-order valence-electron chi connectivity index (χ2n) is 7.56. The Balaban J connectivity index is 1.74. The molecule has 2 aliphatic rings. The predicted octanol–water partition coefficient (Wildman–Crippen LogP) is 2.99. The van der Waals surface area contributed by atoms with E-state index >= 15 is 0 Å². The molecule has 0 bridgehead atoms. The molecule has 0 radical (unpaired) electrons. The summed E-state index contributed by atoms with van der Waals surface area (Å²) in [7, 11) is 0. The number of hydrogen-bond donors (Lipinski definition) is 1. The molecule has 1 atom stereocenters. The number of carboxylic acid groups (broad SMARTS) is 1. The summed E-state index contributed by atoms with van der Waals surface area (Å²) >= 11 is 0. The lowest BCUT2D eigenvalue weighted by atomic mass is 9.84. The highest BCUT2D eigenvalue weighted by Crippen LogP contribution is 2.31. The lowest BCUT2D eigenvalue weighted by molar-refractivity contribution is 0.0686. The first-order chi connectivity index (χ1) is 11.5. The Bertz CT molecular complexity index is 612. The summed E-state index contributed by atoms with van der Waals surface area (Å²) in [5.74, 6) is 0.694. The van der Waals surface area contributed by atoms with Gasteiger partial charge in [0.05, 0.1) is 6.54 Å².